The Labute approximate surface area is 191 Å². The van der Waals surface area contributed by atoms with Crippen molar-refractivity contribution in [3.05, 3.63) is 56.3 Å². The summed E-state index contributed by atoms with van der Waals surface area (Å²) in [4.78, 5) is 39.0. The van der Waals surface area contributed by atoms with Crippen LogP contribution < -0.4 is 5.32 Å². The largest absolute Gasteiger partial charge is 0.468 e. The first-order chi connectivity index (χ1) is 14.6. The van der Waals surface area contributed by atoms with E-state index in [1.54, 1.807) is 39.0 Å². The van der Waals surface area contributed by atoms with Crippen LogP contribution in [0.15, 0.2) is 40.7 Å². The van der Waals surface area contributed by atoms with Crippen LogP contribution in [0.25, 0.3) is 0 Å². The maximum Gasteiger partial charge on any atom is 0.337 e. The van der Waals surface area contributed by atoms with Gasteiger partial charge in [-0.3, -0.25) is 9.59 Å². The minimum Gasteiger partial charge on any atom is -0.468 e. The highest BCUT2D eigenvalue weighted by Crippen LogP contribution is 2.46. The number of hydrogen-bond acceptors (Lipinski definition) is 6. The minimum absolute atomic E-state index is 0.252. The fourth-order valence-corrected chi connectivity index (χ4v) is 4.56. The number of dihydropyridines is 1. The summed E-state index contributed by atoms with van der Waals surface area (Å²) >= 11 is 12.4. The smallest absolute Gasteiger partial charge is 0.337 e. The van der Waals surface area contributed by atoms with Crippen molar-refractivity contribution in [1.29, 1.82) is 0 Å². The van der Waals surface area contributed by atoms with Crippen molar-refractivity contribution in [2.24, 2.45) is 11.8 Å². The number of halogens is 2. The van der Waals surface area contributed by atoms with Crippen LogP contribution >= 0.6 is 23.2 Å². The van der Waals surface area contributed by atoms with E-state index in [0.717, 1.165) is 0 Å². The highest BCUT2D eigenvalue weighted by Gasteiger charge is 2.47. The normalized spacial score (nSPS) is 23.5. The van der Waals surface area contributed by atoms with Gasteiger partial charge in [-0.2, -0.15) is 0 Å². The molecule has 1 N–H and O–H groups in total. The van der Waals surface area contributed by atoms with Crippen molar-refractivity contribution >= 4 is 40.9 Å². The molecule has 1 aliphatic heterocycles. The summed E-state index contributed by atoms with van der Waals surface area (Å²) in [7, 11) is 1.26. The number of nitrogens with one attached hydrogen (secondary N) is 1. The number of esters is 2. The number of ether oxygens (including phenoxy) is 2. The van der Waals surface area contributed by atoms with E-state index in [-0.39, 0.29) is 17.8 Å². The second-order valence-corrected chi connectivity index (χ2v) is 8.98. The van der Waals surface area contributed by atoms with Gasteiger partial charge in [0.2, 0.25) is 0 Å². The zero-order valence-electron chi connectivity index (χ0n) is 18.0. The standard InChI is InChI=1S/C23H25Cl2NO5/c1-10(2)31-23(29)18-12(4)26-16-8-11(3)17(22(28)30-5)21(27)20(16)19(18)13-6-7-14(24)15(25)9-13/h6-7,9-11,17,19,26H,8H2,1-5H3. The molecule has 31 heavy (non-hydrogen) atoms. The Bertz CT molecular complexity index is 1010. The number of benzene rings is 1. The second-order valence-electron chi connectivity index (χ2n) is 8.16. The van der Waals surface area contributed by atoms with Crippen LogP contribution in [0.4, 0.5) is 0 Å². The Morgan fingerprint density at radius 2 is 1.87 bits per heavy atom. The van der Waals surface area contributed by atoms with E-state index in [2.05, 4.69) is 5.32 Å². The summed E-state index contributed by atoms with van der Waals surface area (Å²) in [5.74, 6) is -3.44. The lowest BCUT2D eigenvalue weighted by atomic mass is 9.69. The maximum absolute atomic E-state index is 13.6. The van der Waals surface area contributed by atoms with Gasteiger partial charge in [0.15, 0.2) is 5.78 Å². The third-order valence-corrected chi connectivity index (χ3v) is 6.32. The van der Waals surface area contributed by atoms with Crippen LogP contribution in [-0.2, 0) is 23.9 Å². The van der Waals surface area contributed by atoms with Crippen molar-refractivity contribution < 1.29 is 23.9 Å². The van der Waals surface area contributed by atoms with E-state index in [0.29, 0.717) is 44.6 Å². The maximum atomic E-state index is 13.6. The molecule has 8 heteroatoms. The first kappa shape index (κ1) is 23.4. The van der Waals surface area contributed by atoms with Gasteiger partial charge in [-0.25, -0.2) is 4.79 Å². The van der Waals surface area contributed by atoms with E-state index in [1.165, 1.54) is 7.11 Å². The average molecular weight is 466 g/mol. The SMILES string of the molecule is COC(=O)C1C(=O)C2=C(CC1C)NC(C)=C(C(=O)OC(C)C)C2c1ccc(Cl)c(Cl)c1. The van der Waals surface area contributed by atoms with Crippen molar-refractivity contribution in [2.75, 3.05) is 7.11 Å². The lowest BCUT2D eigenvalue weighted by Crippen LogP contribution is -2.43. The summed E-state index contributed by atoms with van der Waals surface area (Å²) in [5.41, 5.74) is 2.56. The predicted octanol–water partition coefficient (Wildman–Crippen LogP) is 4.56. The quantitative estimate of drug-likeness (QED) is 0.518. The Balaban J connectivity index is 2.21. The van der Waals surface area contributed by atoms with Gasteiger partial charge in [-0.1, -0.05) is 36.2 Å². The number of methoxy groups -OCH3 is 1. The van der Waals surface area contributed by atoms with Crippen molar-refractivity contribution in [3.8, 4) is 0 Å². The molecule has 1 aromatic carbocycles. The Kier molecular flexibility index (Phi) is 6.82. The van der Waals surface area contributed by atoms with E-state index >= 15 is 0 Å². The molecule has 0 bridgehead atoms. The van der Waals surface area contributed by atoms with E-state index in [1.807, 2.05) is 6.92 Å². The third-order valence-electron chi connectivity index (χ3n) is 5.58. The first-order valence-corrected chi connectivity index (χ1v) is 10.8. The molecule has 0 saturated heterocycles. The molecule has 1 heterocycles. The highest BCUT2D eigenvalue weighted by molar-refractivity contribution is 6.42. The van der Waals surface area contributed by atoms with E-state index < -0.39 is 23.8 Å². The topological polar surface area (TPSA) is 81.7 Å². The monoisotopic (exact) mass is 465 g/mol. The Morgan fingerprint density at radius 1 is 1.19 bits per heavy atom. The number of carbonyl (C=O) groups excluding carboxylic acids is 3. The first-order valence-electron chi connectivity index (χ1n) is 10.1. The molecule has 0 spiro atoms. The van der Waals surface area contributed by atoms with Gasteiger partial charge in [0.1, 0.15) is 5.92 Å². The van der Waals surface area contributed by atoms with Crippen molar-refractivity contribution in [3.63, 3.8) is 0 Å². The molecule has 0 fully saturated rings. The minimum atomic E-state index is -0.948. The number of ketones is 1. The molecule has 0 radical (unpaired) electrons. The molecule has 3 unspecified atom stereocenters. The number of hydrogen-bond donors (Lipinski definition) is 1. The number of Topliss-reactive ketones (excluding diaryl/α,β-unsaturated/α-hetero) is 1. The molecule has 6 nitrogen and oxygen atoms in total. The van der Waals surface area contributed by atoms with Gasteiger partial charge in [0, 0.05) is 22.9 Å². The van der Waals surface area contributed by atoms with Crippen LogP contribution in [0.1, 0.15) is 45.6 Å². The molecule has 1 aromatic rings. The summed E-state index contributed by atoms with van der Waals surface area (Å²) in [6.45, 7) is 7.11. The molecule has 0 aromatic heterocycles. The van der Waals surface area contributed by atoms with Crippen molar-refractivity contribution in [1.82, 2.24) is 5.32 Å². The molecule has 1 aliphatic carbocycles. The lowest BCUT2D eigenvalue weighted by Gasteiger charge is -2.38. The van der Waals surface area contributed by atoms with Crippen molar-refractivity contribution in [2.45, 2.75) is 46.1 Å². The number of rotatable bonds is 4. The average Bonchev–Trinajstić information content (AvgIpc) is 2.68. The summed E-state index contributed by atoms with van der Waals surface area (Å²) < 4.78 is 10.4. The zero-order valence-corrected chi connectivity index (χ0v) is 19.6. The third kappa shape index (κ3) is 4.37. The molecule has 2 aliphatic rings. The fraction of sp³-hybridized carbons (Fsp3) is 0.435. The second kappa shape index (κ2) is 9.05. The Morgan fingerprint density at radius 3 is 2.45 bits per heavy atom. The summed E-state index contributed by atoms with van der Waals surface area (Å²) in [5, 5.41) is 3.87. The van der Waals surface area contributed by atoms with Gasteiger partial charge < -0.3 is 14.8 Å². The molecule has 0 saturated carbocycles. The van der Waals surface area contributed by atoms with Gasteiger partial charge in [-0.05, 0) is 50.8 Å². The summed E-state index contributed by atoms with van der Waals surface area (Å²) in [6, 6.07) is 4.98. The number of allylic oxidation sites excluding steroid dienone is 3. The number of carbonyl (C=O) groups is 3. The molecular formula is C23H25Cl2NO5. The zero-order chi connectivity index (χ0) is 23.0. The molecule has 3 atom stereocenters. The predicted molar refractivity (Wildman–Crippen MR) is 118 cm³/mol. The van der Waals surface area contributed by atoms with Gasteiger partial charge in [0.05, 0.1) is 28.8 Å². The lowest BCUT2D eigenvalue weighted by molar-refractivity contribution is -0.151. The van der Waals surface area contributed by atoms with Crippen LogP contribution in [0.2, 0.25) is 10.0 Å². The van der Waals surface area contributed by atoms with Gasteiger partial charge in [0.25, 0.3) is 0 Å². The highest BCUT2D eigenvalue weighted by atomic mass is 35.5. The Hall–Kier alpha value is -2.31. The van der Waals surface area contributed by atoms with Gasteiger partial charge >= 0.3 is 11.9 Å². The van der Waals surface area contributed by atoms with Gasteiger partial charge in [-0.15, -0.1) is 0 Å². The van der Waals surface area contributed by atoms with Crippen LogP contribution in [-0.4, -0.2) is 30.9 Å². The molecule has 3 rings (SSSR count). The fourth-order valence-electron chi connectivity index (χ4n) is 4.25. The van der Waals surface area contributed by atoms with Crippen LogP contribution in [0.5, 0.6) is 0 Å². The molecule has 0 amide bonds. The van der Waals surface area contributed by atoms with Crippen LogP contribution in [0, 0.1) is 11.8 Å². The van der Waals surface area contributed by atoms with Crippen LogP contribution in [0.3, 0.4) is 0 Å². The van der Waals surface area contributed by atoms with E-state index in [4.69, 9.17) is 32.7 Å². The molecule has 166 valence electrons. The van der Waals surface area contributed by atoms with E-state index in [9.17, 15) is 14.4 Å². The summed E-state index contributed by atoms with van der Waals surface area (Å²) in [6.07, 6.45) is 0.116. The molecular weight excluding hydrogens is 441 g/mol.